The molecule has 0 saturated carbocycles. The molecule has 3 nitrogen and oxygen atoms in total. The standard InChI is InChI=1S/C12H20FN3/c1-3-5-14-7-10(2)16-8-11-4-6-15-9-12(11)13/h4,6,9-10,14,16H,3,5,7-8H2,1-2H3. The van der Waals surface area contributed by atoms with Crippen LogP contribution in [-0.4, -0.2) is 24.1 Å². The second kappa shape index (κ2) is 7.30. The molecule has 4 heteroatoms. The Morgan fingerprint density at radius 2 is 2.31 bits per heavy atom. The van der Waals surface area contributed by atoms with E-state index >= 15 is 0 Å². The number of hydrogen-bond acceptors (Lipinski definition) is 3. The van der Waals surface area contributed by atoms with Crippen LogP contribution in [0.15, 0.2) is 18.5 Å². The largest absolute Gasteiger partial charge is 0.315 e. The van der Waals surface area contributed by atoms with E-state index in [9.17, 15) is 4.39 Å². The fraction of sp³-hybridized carbons (Fsp3) is 0.583. The molecule has 0 amide bonds. The second-order valence-corrected chi connectivity index (χ2v) is 3.95. The van der Waals surface area contributed by atoms with Gasteiger partial charge in [-0.25, -0.2) is 4.39 Å². The lowest BCUT2D eigenvalue weighted by molar-refractivity contribution is 0.491. The third kappa shape index (κ3) is 4.68. The first-order valence-electron chi connectivity index (χ1n) is 5.76. The van der Waals surface area contributed by atoms with E-state index in [4.69, 9.17) is 0 Å². The summed E-state index contributed by atoms with van der Waals surface area (Å²) in [7, 11) is 0. The maximum Gasteiger partial charge on any atom is 0.145 e. The van der Waals surface area contributed by atoms with Gasteiger partial charge in [-0.3, -0.25) is 4.98 Å². The summed E-state index contributed by atoms with van der Waals surface area (Å²) < 4.78 is 13.2. The zero-order chi connectivity index (χ0) is 11.8. The van der Waals surface area contributed by atoms with Crippen LogP contribution in [0.4, 0.5) is 4.39 Å². The molecule has 0 saturated heterocycles. The summed E-state index contributed by atoms with van der Waals surface area (Å²) in [6, 6.07) is 2.04. The average molecular weight is 225 g/mol. The Hall–Kier alpha value is -1.00. The summed E-state index contributed by atoms with van der Waals surface area (Å²) in [6.45, 7) is 6.69. The summed E-state index contributed by atoms with van der Waals surface area (Å²) in [5.41, 5.74) is 0.664. The number of nitrogens with zero attached hydrogens (tertiary/aromatic N) is 1. The molecule has 16 heavy (non-hydrogen) atoms. The smallest absolute Gasteiger partial charge is 0.145 e. The molecule has 1 aromatic heterocycles. The van der Waals surface area contributed by atoms with Crippen LogP contribution in [-0.2, 0) is 6.54 Å². The lowest BCUT2D eigenvalue weighted by Gasteiger charge is -2.14. The highest BCUT2D eigenvalue weighted by Crippen LogP contribution is 2.03. The van der Waals surface area contributed by atoms with E-state index in [0.29, 0.717) is 18.2 Å². The Morgan fingerprint density at radius 3 is 3.00 bits per heavy atom. The SMILES string of the molecule is CCCNCC(C)NCc1ccncc1F. The van der Waals surface area contributed by atoms with Gasteiger partial charge >= 0.3 is 0 Å². The van der Waals surface area contributed by atoms with E-state index in [-0.39, 0.29) is 5.82 Å². The van der Waals surface area contributed by atoms with E-state index < -0.39 is 0 Å². The Balaban J connectivity index is 2.26. The van der Waals surface area contributed by atoms with Crippen LogP contribution < -0.4 is 10.6 Å². The first kappa shape index (κ1) is 13.1. The van der Waals surface area contributed by atoms with E-state index in [1.807, 2.05) is 0 Å². The molecule has 0 aliphatic heterocycles. The Bertz CT molecular complexity index is 304. The first-order valence-corrected chi connectivity index (χ1v) is 5.76. The minimum absolute atomic E-state index is 0.247. The van der Waals surface area contributed by atoms with Crippen molar-refractivity contribution in [2.75, 3.05) is 13.1 Å². The molecule has 1 unspecified atom stereocenters. The quantitative estimate of drug-likeness (QED) is 0.693. The van der Waals surface area contributed by atoms with Gasteiger partial charge in [0.1, 0.15) is 5.82 Å². The minimum Gasteiger partial charge on any atom is -0.315 e. The van der Waals surface area contributed by atoms with E-state index in [1.54, 1.807) is 12.3 Å². The molecular formula is C12H20FN3. The molecule has 0 aromatic carbocycles. The zero-order valence-electron chi connectivity index (χ0n) is 9.96. The monoisotopic (exact) mass is 225 g/mol. The highest BCUT2D eigenvalue weighted by atomic mass is 19.1. The number of pyridine rings is 1. The number of nitrogens with one attached hydrogen (secondary N) is 2. The maximum atomic E-state index is 13.2. The van der Waals surface area contributed by atoms with E-state index in [0.717, 1.165) is 19.5 Å². The summed E-state index contributed by atoms with van der Waals surface area (Å²) >= 11 is 0. The third-order valence-corrected chi connectivity index (χ3v) is 2.37. The van der Waals surface area contributed by atoms with Gasteiger partial charge in [0, 0.05) is 30.9 Å². The fourth-order valence-electron chi connectivity index (χ4n) is 1.40. The molecule has 1 rings (SSSR count). The van der Waals surface area contributed by atoms with E-state index in [1.165, 1.54) is 6.20 Å². The van der Waals surface area contributed by atoms with Gasteiger partial charge in [0.05, 0.1) is 6.20 Å². The predicted octanol–water partition coefficient (Wildman–Crippen LogP) is 1.70. The van der Waals surface area contributed by atoms with Gasteiger partial charge in [0.15, 0.2) is 0 Å². The molecule has 0 radical (unpaired) electrons. The van der Waals surface area contributed by atoms with Crippen molar-refractivity contribution in [1.82, 2.24) is 15.6 Å². The number of halogens is 1. The first-order chi connectivity index (χ1) is 7.74. The van der Waals surface area contributed by atoms with Gasteiger partial charge in [0.25, 0.3) is 0 Å². The zero-order valence-corrected chi connectivity index (χ0v) is 9.96. The average Bonchev–Trinajstić information content (AvgIpc) is 2.28. The van der Waals surface area contributed by atoms with Crippen molar-refractivity contribution in [3.05, 3.63) is 29.8 Å². The number of rotatable bonds is 7. The lowest BCUT2D eigenvalue weighted by Crippen LogP contribution is -2.36. The van der Waals surface area contributed by atoms with E-state index in [2.05, 4.69) is 29.5 Å². The molecule has 0 spiro atoms. The van der Waals surface area contributed by atoms with Crippen molar-refractivity contribution in [3.8, 4) is 0 Å². The summed E-state index contributed by atoms with van der Waals surface area (Å²) in [5.74, 6) is -0.247. The maximum absolute atomic E-state index is 13.2. The molecule has 90 valence electrons. The molecule has 0 aliphatic rings. The third-order valence-electron chi connectivity index (χ3n) is 2.37. The Morgan fingerprint density at radius 1 is 1.50 bits per heavy atom. The molecule has 1 aromatic rings. The molecule has 0 bridgehead atoms. The molecule has 1 heterocycles. The van der Waals surface area contributed by atoms with Crippen molar-refractivity contribution in [2.24, 2.45) is 0 Å². The van der Waals surface area contributed by atoms with Crippen molar-refractivity contribution in [2.45, 2.75) is 32.9 Å². The van der Waals surface area contributed by atoms with Crippen LogP contribution in [0.3, 0.4) is 0 Å². The molecular weight excluding hydrogens is 205 g/mol. The summed E-state index contributed by atoms with van der Waals surface area (Å²) in [5, 5.41) is 6.59. The van der Waals surface area contributed by atoms with Gasteiger partial charge < -0.3 is 10.6 Å². The van der Waals surface area contributed by atoms with Gasteiger partial charge in [-0.2, -0.15) is 0 Å². The van der Waals surface area contributed by atoms with Crippen LogP contribution in [0, 0.1) is 5.82 Å². The number of hydrogen-bond donors (Lipinski definition) is 2. The molecule has 1 atom stereocenters. The Labute approximate surface area is 96.5 Å². The normalized spacial score (nSPS) is 12.7. The number of aromatic nitrogens is 1. The molecule has 2 N–H and O–H groups in total. The van der Waals surface area contributed by atoms with Crippen molar-refractivity contribution in [3.63, 3.8) is 0 Å². The van der Waals surface area contributed by atoms with Crippen LogP contribution in [0.1, 0.15) is 25.8 Å². The lowest BCUT2D eigenvalue weighted by atomic mass is 10.2. The second-order valence-electron chi connectivity index (χ2n) is 3.95. The van der Waals surface area contributed by atoms with Crippen LogP contribution in [0.5, 0.6) is 0 Å². The van der Waals surface area contributed by atoms with Gasteiger partial charge in [-0.05, 0) is 26.0 Å². The van der Waals surface area contributed by atoms with Gasteiger partial charge in [0.2, 0.25) is 0 Å². The van der Waals surface area contributed by atoms with Crippen LogP contribution in [0.2, 0.25) is 0 Å². The molecule has 0 aliphatic carbocycles. The highest BCUT2D eigenvalue weighted by molar-refractivity contribution is 5.12. The van der Waals surface area contributed by atoms with Crippen LogP contribution >= 0.6 is 0 Å². The molecule has 0 fully saturated rings. The predicted molar refractivity (Wildman–Crippen MR) is 63.7 cm³/mol. The van der Waals surface area contributed by atoms with Gasteiger partial charge in [-0.1, -0.05) is 6.92 Å². The highest BCUT2D eigenvalue weighted by Gasteiger charge is 2.04. The summed E-state index contributed by atoms with van der Waals surface area (Å²) in [4.78, 5) is 3.72. The topological polar surface area (TPSA) is 37.0 Å². The van der Waals surface area contributed by atoms with Crippen molar-refractivity contribution in [1.29, 1.82) is 0 Å². The van der Waals surface area contributed by atoms with Gasteiger partial charge in [-0.15, -0.1) is 0 Å². The fourth-order valence-corrected chi connectivity index (χ4v) is 1.40. The Kier molecular flexibility index (Phi) is 5.96. The van der Waals surface area contributed by atoms with Crippen molar-refractivity contribution >= 4 is 0 Å². The minimum atomic E-state index is -0.247. The van der Waals surface area contributed by atoms with Crippen LogP contribution in [0.25, 0.3) is 0 Å². The summed E-state index contributed by atoms with van der Waals surface area (Å²) in [6.07, 6.45) is 3.99. The van der Waals surface area contributed by atoms with Crippen molar-refractivity contribution < 1.29 is 4.39 Å².